The molecule has 1 saturated carbocycles. The first-order valence-electron chi connectivity index (χ1n) is 7.64. The summed E-state index contributed by atoms with van der Waals surface area (Å²) in [6.45, 7) is 0.802. The Kier molecular flexibility index (Phi) is 3.53. The van der Waals surface area contributed by atoms with Crippen molar-refractivity contribution >= 4 is 5.91 Å². The molecule has 2 fully saturated rings. The number of carbonyl (C=O) groups excluding carboxylic acids is 1. The highest BCUT2D eigenvalue weighted by Crippen LogP contribution is 2.38. The van der Waals surface area contributed by atoms with Crippen molar-refractivity contribution in [2.45, 2.75) is 31.5 Å². The Labute approximate surface area is 131 Å². The average molecular weight is 317 g/mol. The van der Waals surface area contributed by atoms with Crippen LogP contribution in [0.25, 0.3) is 11.4 Å². The normalized spacial score (nSPS) is 25.7. The van der Waals surface area contributed by atoms with Gasteiger partial charge >= 0.3 is 0 Å². The van der Waals surface area contributed by atoms with Gasteiger partial charge in [-0.3, -0.25) is 4.79 Å². The molecule has 4 rings (SSSR count). The van der Waals surface area contributed by atoms with Gasteiger partial charge in [-0.25, -0.2) is 4.39 Å². The number of tetrazole rings is 1. The molecule has 2 aliphatic rings. The Balaban J connectivity index is 1.36. The van der Waals surface area contributed by atoms with E-state index in [4.69, 9.17) is 4.74 Å². The van der Waals surface area contributed by atoms with Crippen LogP contribution in [0.15, 0.2) is 24.3 Å². The fraction of sp³-hybridized carbons (Fsp3) is 0.467. The van der Waals surface area contributed by atoms with E-state index >= 15 is 0 Å². The molecule has 120 valence electrons. The second-order valence-electron chi connectivity index (χ2n) is 5.92. The maximum Gasteiger partial charge on any atom is 0.243 e. The molecule has 1 N–H and O–H groups in total. The van der Waals surface area contributed by atoms with Crippen LogP contribution in [0.4, 0.5) is 4.39 Å². The molecule has 1 amide bonds. The van der Waals surface area contributed by atoms with Gasteiger partial charge in [-0.1, -0.05) is 0 Å². The van der Waals surface area contributed by atoms with Crippen LogP contribution >= 0.6 is 0 Å². The van der Waals surface area contributed by atoms with Crippen molar-refractivity contribution in [3.8, 4) is 11.4 Å². The Morgan fingerprint density at radius 3 is 3.00 bits per heavy atom. The van der Waals surface area contributed by atoms with Gasteiger partial charge in [0.05, 0.1) is 6.10 Å². The molecule has 2 heterocycles. The number of nitrogens with one attached hydrogen (secondary N) is 1. The van der Waals surface area contributed by atoms with Crippen LogP contribution in [-0.4, -0.2) is 44.9 Å². The summed E-state index contributed by atoms with van der Waals surface area (Å²) < 4.78 is 18.4. The molecule has 23 heavy (non-hydrogen) atoms. The van der Waals surface area contributed by atoms with Crippen molar-refractivity contribution in [1.82, 2.24) is 25.5 Å². The fourth-order valence-corrected chi connectivity index (χ4v) is 3.17. The molecule has 1 aliphatic carbocycles. The maximum atomic E-state index is 12.9. The summed E-state index contributed by atoms with van der Waals surface area (Å²) in [6, 6.07) is 6.00. The number of fused-ring (bicyclic) bond motifs is 1. The summed E-state index contributed by atoms with van der Waals surface area (Å²) in [6.07, 6.45) is 2.20. The largest absolute Gasteiger partial charge is 0.378 e. The lowest BCUT2D eigenvalue weighted by Crippen LogP contribution is -2.54. The lowest BCUT2D eigenvalue weighted by molar-refractivity contribution is -0.125. The van der Waals surface area contributed by atoms with Crippen molar-refractivity contribution in [3.05, 3.63) is 30.1 Å². The topological polar surface area (TPSA) is 81.9 Å². The third-order valence-electron chi connectivity index (χ3n) is 4.45. The molecule has 0 bridgehead atoms. The van der Waals surface area contributed by atoms with Crippen molar-refractivity contribution in [3.63, 3.8) is 0 Å². The predicted octanol–water partition coefficient (Wildman–Crippen LogP) is 0.773. The smallest absolute Gasteiger partial charge is 0.243 e. The van der Waals surface area contributed by atoms with Gasteiger partial charge in [0, 0.05) is 24.1 Å². The number of nitrogens with zero attached hydrogens (tertiary/aromatic N) is 4. The lowest BCUT2D eigenvalue weighted by atomic mass is 9.76. The molecule has 0 unspecified atom stereocenters. The van der Waals surface area contributed by atoms with Gasteiger partial charge in [-0.2, -0.15) is 4.80 Å². The van der Waals surface area contributed by atoms with Crippen LogP contribution in [0.5, 0.6) is 0 Å². The van der Waals surface area contributed by atoms with Crippen LogP contribution in [-0.2, 0) is 16.1 Å². The van der Waals surface area contributed by atoms with E-state index in [1.165, 1.54) is 16.9 Å². The molecule has 2 aromatic rings. The minimum atomic E-state index is -0.324. The van der Waals surface area contributed by atoms with Crippen molar-refractivity contribution < 1.29 is 13.9 Å². The number of hydrogen-bond acceptors (Lipinski definition) is 5. The summed E-state index contributed by atoms with van der Waals surface area (Å²) in [5.41, 5.74) is 0.656. The minimum Gasteiger partial charge on any atom is -0.378 e. The molecule has 1 saturated heterocycles. The molecule has 0 radical (unpaired) electrons. The number of ether oxygens (including phenoxy) is 1. The first kappa shape index (κ1) is 14.3. The van der Waals surface area contributed by atoms with Crippen LogP contribution in [0.3, 0.4) is 0 Å². The van der Waals surface area contributed by atoms with Gasteiger partial charge in [-0.15, -0.1) is 10.2 Å². The van der Waals surface area contributed by atoms with Gasteiger partial charge in [-0.05, 0) is 42.3 Å². The highest BCUT2D eigenvalue weighted by molar-refractivity contribution is 5.76. The fourth-order valence-electron chi connectivity index (χ4n) is 3.17. The summed E-state index contributed by atoms with van der Waals surface area (Å²) in [5, 5.41) is 14.9. The van der Waals surface area contributed by atoms with Crippen molar-refractivity contribution in [2.24, 2.45) is 5.92 Å². The zero-order chi connectivity index (χ0) is 15.8. The van der Waals surface area contributed by atoms with E-state index in [2.05, 4.69) is 20.7 Å². The highest BCUT2D eigenvalue weighted by Gasteiger charge is 2.45. The van der Waals surface area contributed by atoms with Crippen LogP contribution in [0.1, 0.15) is 12.8 Å². The zero-order valence-electron chi connectivity index (χ0n) is 12.4. The predicted molar refractivity (Wildman–Crippen MR) is 77.6 cm³/mol. The Hall–Kier alpha value is -2.35. The Morgan fingerprint density at radius 2 is 2.22 bits per heavy atom. The molecule has 0 spiro atoms. The SMILES string of the molecule is O=C(Cn1nnc(-c2ccc(F)cc2)n1)N[C@H]1C[C@@H]2OCC[C@H]12. The monoisotopic (exact) mass is 317 g/mol. The highest BCUT2D eigenvalue weighted by atomic mass is 19.1. The van der Waals surface area contributed by atoms with Crippen LogP contribution in [0, 0.1) is 11.7 Å². The number of halogens is 1. The number of benzene rings is 1. The quantitative estimate of drug-likeness (QED) is 0.901. The number of rotatable bonds is 4. The number of amides is 1. The van der Waals surface area contributed by atoms with Gasteiger partial charge in [0.25, 0.3) is 0 Å². The first-order chi connectivity index (χ1) is 11.2. The summed E-state index contributed by atoms with van der Waals surface area (Å²) in [7, 11) is 0. The Morgan fingerprint density at radius 1 is 1.39 bits per heavy atom. The van der Waals surface area contributed by atoms with E-state index in [1.54, 1.807) is 12.1 Å². The van der Waals surface area contributed by atoms with Crippen LogP contribution in [0.2, 0.25) is 0 Å². The van der Waals surface area contributed by atoms with Gasteiger partial charge in [0.15, 0.2) is 0 Å². The minimum absolute atomic E-state index is 0.0168. The molecule has 1 aromatic carbocycles. The Bertz CT molecular complexity index is 717. The van der Waals surface area contributed by atoms with E-state index in [9.17, 15) is 9.18 Å². The standard InChI is InChI=1S/C15H16FN5O2/c16-10-3-1-9(2-4-10)15-18-20-21(19-15)8-14(22)17-12-7-13-11(12)5-6-23-13/h1-4,11-13H,5-8H2,(H,17,22)/t11-,12+,13+/m1/s1. The molecule has 8 heteroatoms. The van der Waals surface area contributed by atoms with E-state index in [-0.39, 0.29) is 24.3 Å². The van der Waals surface area contributed by atoms with Crippen molar-refractivity contribution in [1.29, 1.82) is 0 Å². The molecule has 3 atom stereocenters. The first-order valence-corrected chi connectivity index (χ1v) is 7.64. The van der Waals surface area contributed by atoms with Crippen LogP contribution < -0.4 is 5.32 Å². The second kappa shape index (κ2) is 5.69. The van der Waals surface area contributed by atoms with Crippen molar-refractivity contribution in [2.75, 3.05) is 6.61 Å². The molecular weight excluding hydrogens is 301 g/mol. The number of aromatic nitrogens is 4. The maximum absolute atomic E-state index is 12.9. The van der Waals surface area contributed by atoms with E-state index in [1.807, 2.05) is 0 Å². The molecule has 1 aliphatic heterocycles. The number of carbonyl (C=O) groups is 1. The summed E-state index contributed by atoms with van der Waals surface area (Å²) in [4.78, 5) is 13.3. The molecular formula is C15H16FN5O2. The number of hydrogen-bond donors (Lipinski definition) is 1. The zero-order valence-corrected chi connectivity index (χ0v) is 12.4. The van der Waals surface area contributed by atoms with E-state index in [0.717, 1.165) is 19.4 Å². The van der Waals surface area contributed by atoms with Gasteiger partial charge < -0.3 is 10.1 Å². The van der Waals surface area contributed by atoms with E-state index in [0.29, 0.717) is 23.4 Å². The molecule has 7 nitrogen and oxygen atoms in total. The summed E-state index contributed by atoms with van der Waals surface area (Å²) >= 11 is 0. The second-order valence-corrected chi connectivity index (χ2v) is 5.92. The summed E-state index contributed by atoms with van der Waals surface area (Å²) in [5.74, 6) is 0.349. The molecule has 1 aromatic heterocycles. The third-order valence-corrected chi connectivity index (χ3v) is 4.45. The van der Waals surface area contributed by atoms with Gasteiger partial charge in [0.1, 0.15) is 12.4 Å². The van der Waals surface area contributed by atoms with E-state index < -0.39 is 0 Å². The van der Waals surface area contributed by atoms with Gasteiger partial charge in [0.2, 0.25) is 11.7 Å². The lowest BCUT2D eigenvalue weighted by Gasteiger charge is -2.39. The third kappa shape index (κ3) is 2.81. The average Bonchev–Trinajstić information content (AvgIpc) is 3.12.